The smallest absolute Gasteiger partial charge is 0.192 e. The minimum Gasteiger partial charge on any atom is -0.493 e. The van der Waals surface area contributed by atoms with Crippen LogP contribution in [-0.2, 0) is 6.54 Å². The standard InChI is InChI=1S/C20H20N4O3S/c1-4-11-24-19(14-7-9-21-10-8-14)22-23-20(24)28-13-16(25)15-5-6-17(26-2)18(12-15)27-3/h4-10,12H,1,11,13H2,2-3H3. The van der Waals surface area contributed by atoms with E-state index in [4.69, 9.17) is 9.47 Å². The predicted octanol–water partition coefficient (Wildman–Crippen LogP) is 3.52. The van der Waals surface area contributed by atoms with Crippen LogP contribution in [0.5, 0.6) is 11.5 Å². The van der Waals surface area contributed by atoms with Crippen molar-refractivity contribution in [3.05, 3.63) is 60.9 Å². The van der Waals surface area contributed by atoms with Gasteiger partial charge in [-0.15, -0.1) is 16.8 Å². The summed E-state index contributed by atoms with van der Waals surface area (Å²) in [5, 5.41) is 9.18. The number of aromatic nitrogens is 4. The van der Waals surface area contributed by atoms with E-state index < -0.39 is 0 Å². The average Bonchev–Trinajstić information content (AvgIpc) is 3.15. The molecular formula is C20H20N4O3S. The van der Waals surface area contributed by atoms with Crippen molar-refractivity contribution in [1.29, 1.82) is 0 Å². The number of hydrogen-bond acceptors (Lipinski definition) is 7. The van der Waals surface area contributed by atoms with E-state index >= 15 is 0 Å². The number of rotatable bonds is 9. The third-order valence-electron chi connectivity index (χ3n) is 4.00. The summed E-state index contributed by atoms with van der Waals surface area (Å²) in [5.74, 6) is 2.00. The van der Waals surface area contributed by atoms with Crippen LogP contribution in [0, 0.1) is 0 Å². The largest absolute Gasteiger partial charge is 0.493 e. The predicted molar refractivity (Wildman–Crippen MR) is 108 cm³/mol. The van der Waals surface area contributed by atoms with E-state index in [1.807, 2.05) is 16.7 Å². The first kappa shape index (κ1) is 19.6. The highest BCUT2D eigenvalue weighted by molar-refractivity contribution is 7.99. The topological polar surface area (TPSA) is 79.1 Å². The molecule has 0 bridgehead atoms. The van der Waals surface area contributed by atoms with Crippen molar-refractivity contribution >= 4 is 17.5 Å². The highest BCUT2D eigenvalue weighted by atomic mass is 32.2. The molecule has 0 saturated carbocycles. The van der Waals surface area contributed by atoms with Crippen LogP contribution in [0.4, 0.5) is 0 Å². The van der Waals surface area contributed by atoms with E-state index in [0.717, 1.165) is 5.56 Å². The average molecular weight is 396 g/mol. The van der Waals surface area contributed by atoms with Crippen molar-refractivity contribution in [2.75, 3.05) is 20.0 Å². The van der Waals surface area contributed by atoms with Crippen LogP contribution >= 0.6 is 11.8 Å². The minimum atomic E-state index is -0.0374. The van der Waals surface area contributed by atoms with Gasteiger partial charge in [0.1, 0.15) is 0 Å². The quantitative estimate of drug-likeness (QED) is 0.311. The Hall–Kier alpha value is -3.13. The first-order valence-electron chi connectivity index (χ1n) is 8.50. The first-order valence-corrected chi connectivity index (χ1v) is 9.49. The van der Waals surface area contributed by atoms with Gasteiger partial charge in [0, 0.05) is 30.1 Å². The van der Waals surface area contributed by atoms with Gasteiger partial charge in [0.25, 0.3) is 0 Å². The maximum Gasteiger partial charge on any atom is 0.192 e. The van der Waals surface area contributed by atoms with E-state index in [9.17, 15) is 4.79 Å². The number of methoxy groups -OCH3 is 2. The summed E-state index contributed by atoms with van der Waals surface area (Å²) in [6.45, 7) is 4.34. The Morgan fingerprint density at radius 2 is 1.89 bits per heavy atom. The highest BCUT2D eigenvalue weighted by Crippen LogP contribution is 2.29. The lowest BCUT2D eigenvalue weighted by molar-refractivity contribution is 0.102. The van der Waals surface area contributed by atoms with Crippen molar-refractivity contribution in [1.82, 2.24) is 19.7 Å². The van der Waals surface area contributed by atoms with E-state index in [2.05, 4.69) is 21.8 Å². The van der Waals surface area contributed by atoms with Crippen molar-refractivity contribution in [2.24, 2.45) is 0 Å². The van der Waals surface area contributed by atoms with Crippen LogP contribution in [0.25, 0.3) is 11.4 Å². The SMILES string of the molecule is C=CCn1c(SCC(=O)c2ccc(OC)c(OC)c2)nnc1-c1ccncc1. The monoisotopic (exact) mass is 396 g/mol. The van der Waals surface area contributed by atoms with E-state index in [0.29, 0.717) is 34.6 Å². The summed E-state index contributed by atoms with van der Waals surface area (Å²) in [7, 11) is 3.10. The number of ether oxygens (including phenoxy) is 2. The molecule has 0 spiro atoms. The molecule has 0 unspecified atom stereocenters. The Bertz CT molecular complexity index is 973. The fourth-order valence-electron chi connectivity index (χ4n) is 2.63. The Balaban J connectivity index is 1.78. The van der Waals surface area contributed by atoms with E-state index in [-0.39, 0.29) is 11.5 Å². The zero-order chi connectivity index (χ0) is 19.9. The molecule has 0 saturated heterocycles. The molecule has 144 valence electrons. The molecule has 0 aliphatic rings. The number of benzene rings is 1. The van der Waals surface area contributed by atoms with Gasteiger partial charge in [-0.2, -0.15) is 0 Å². The number of carbonyl (C=O) groups is 1. The summed E-state index contributed by atoms with van der Waals surface area (Å²) in [4.78, 5) is 16.7. The number of allylic oxidation sites excluding steroid dienone is 1. The van der Waals surface area contributed by atoms with Gasteiger partial charge in [-0.1, -0.05) is 17.8 Å². The fraction of sp³-hybridized carbons (Fsp3) is 0.200. The molecular weight excluding hydrogens is 376 g/mol. The molecule has 2 heterocycles. The Kier molecular flexibility index (Phi) is 6.44. The van der Waals surface area contributed by atoms with Gasteiger partial charge in [-0.05, 0) is 30.3 Å². The molecule has 1 aromatic carbocycles. The van der Waals surface area contributed by atoms with Crippen molar-refractivity contribution in [3.8, 4) is 22.9 Å². The van der Waals surface area contributed by atoms with Gasteiger partial charge < -0.3 is 9.47 Å². The molecule has 3 aromatic rings. The van der Waals surface area contributed by atoms with Crippen LogP contribution in [0.1, 0.15) is 10.4 Å². The first-order chi connectivity index (χ1) is 13.7. The number of Topliss-reactive ketones (excluding diaryl/α,β-unsaturated/α-hetero) is 1. The zero-order valence-corrected chi connectivity index (χ0v) is 16.5. The lowest BCUT2D eigenvalue weighted by atomic mass is 10.1. The molecule has 0 aliphatic heterocycles. The molecule has 0 N–H and O–H groups in total. The van der Waals surface area contributed by atoms with Gasteiger partial charge in [0.05, 0.1) is 20.0 Å². The molecule has 0 radical (unpaired) electrons. The second kappa shape index (κ2) is 9.18. The lowest BCUT2D eigenvalue weighted by Gasteiger charge is -2.09. The Morgan fingerprint density at radius 3 is 2.57 bits per heavy atom. The van der Waals surface area contributed by atoms with Crippen molar-refractivity contribution < 1.29 is 14.3 Å². The van der Waals surface area contributed by atoms with Crippen LogP contribution in [0.3, 0.4) is 0 Å². The number of hydrogen-bond donors (Lipinski definition) is 0. The molecule has 8 heteroatoms. The van der Waals surface area contributed by atoms with E-state index in [1.54, 1.807) is 50.9 Å². The number of pyridine rings is 1. The molecule has 0 amide bonds. The van der Waals surface area contributed by atoms with E-state index in [1.165, 1.54) is 11.8 Å². The van der Waals surface area contributed by atoms with Gasteiger partial charge in [-0.3, -0.25) is 14.3 Å². The van der Waals surface area contributed by atoms with Crippen molar-refractivity contribution in [3.63, 3.8) is 0 Å². The minimum absolute atomic E-state index is 0.0374. The Labute approximate surface area is 167 Å². The number of ketones is 1. The van der Waals surface area contributed by atoms with Gasteiger partial charge in [0.2, 0.25) is 0 Å². The second-order valence-corrected chi connectivity index (χ2v) is 6.67. The van der Waals surface area contributed by atoms with Gasteiger partial charge in [-0.25, -0.2) is 0 Å². The van der Waals surface area contributed by atoms with Crippen LogP contribution in [0.15, 0.2) is 60.5 Å². The van der Waals surface area contributed by atoms with Crippen LogP contribution in [0.2, 0.25) is 0 Å². The normalized spacial score (nSPS) is 10.5. The zero-order valence-electron chi connectivity index (χ0n) is 15.7. The fourth-order valence-corrected chi connectivity index (χ4v) is 3.47. The third kappa shape index (κ3) is 4.23. The maximum absolute atomic E-state index is 12.6. The maximum atomic E-state index is 12.6. The summed E-state index contributed by atoms with van der Waals surface area (Å²) < 4.78 is 12.4. The second-order valence-electron chi connectivity index (χ2n) is 5.72. The summed E-state index contributed by atoms with van der Waals surface area (Å²) in [6, 6.07) is 8.86. The van der Waals surface area contributed by atoms with Gasteiger partial charge in [0.15, 0.2) is 28.3 Å². The van der Waals surface area contributed by atoms with Crippen LogP contribution in [-0.4, -0.2) is 45.5 Å². The molecule has 0 aliphatic carbocycles. The summed E-state index contributed by atoms with van der Waals surface area (Å²) in [5.41, 5.74) is 1.46. The number of carbonyl (C=O) groups excluding carboxylic acids is 1. The molecule has 2 aromatic heterocycles. The summed E-state index contributed by atoms with van der Waals surface area (Å²) >= 11 is 1.33. The van der Waals surface area contributed by atoms with Crippen LogP contribution < -0.4 is 9.47 Å². The number of nitrogens with zero attached hydrogens (tertiary/aromatic N) is 4. The molecule has 0 fully saturated rings. The van der Waals surface area contributed by atoms with Crippen molar-refractivity contribution in [2.45, 2.75) is 11.7 Å². The number of thioether (sulfide) groups is 1. The summed E-state index contributed by atoms with van der Waals surface area (Å²) in [6.07, 6.45) is 5.18. The molecule has 0 atom stereocenters. The highest BCUT2D eigenvalue weighted by Gasteiger charge is 2.16. The molecule has 28 heavy (non-hydrogen) atoms. The molecule has 3 rings (SSSR count). The Morgan fingerprint density at radius 1 is 1.14 bits per heavy atom. The lowest BCUT2D eigenvalue weighted by Crippen LogP contribution is -2.06. The third-order valence-corrected chi connectivity index (χ3v) is 4.97. The molecule has 7 nitrogen and oxygen atoms in total. The van der Waals surface area contributed by atoms with Gasteiger partial charge >= 0.3 is 0 Å².